The largest absolute Gasteiger partial charge is 0.348 e. The Morgan fingerprint density at radius 2 is 1.14 bits per heavy atom. The summed E-state index contributed by atoms with van der Waals surface area (Å²) in [5.41, 5.74) is 18.7. The number of hydrogen-bond acceptors (Lipinski definition) is 0. The first-order valence-corrected chi connectivity index (χ1v) is 20.2. The molecule has 0 atom stereocenters. The van der Waals surface area contributed by atoms with Crippen LogP contribution in [0.4, 0.5) is 0 Å². The SMILES string of the molecule is CCCCCCCCCCCCCC=CCCCc1ccccc1C(=C(CCCC)C(=C=[N+]=[N-])CCCC)c1ccc(CCCC)cc1.[Ni]. The molecule has 0 fully saturated rings. The smallest absolute Gasteiger partial charge is 0.303 e. The van der Waals surface area contributed by atoms with Gasteiger partial charge in [0.1, 0.15) is 0 Å². The predicted molar refractivity (Wildman–Crippen MR) is 212 cm³/mol. The van der Waals surface area contributed by atoms with Crippen LogP contribution in [0.2, 0.25) is 0 Å². The van der Waals surface area contributed by atoms with Crippen molar-refractivity contribution in [1.29, 1.82) is 0 Å². The summed E-state index contributed by atoms with van der Waals surface area (Å²) in [6, 6.07) is 18.3. The van der Waals surface area contributed by atoms with Gasteiger partial charge in [-0.3, -0.25) is 0 Å². The molecule has 0 saturated carbocycles. The normalized spacial score (nSPS) is 11.6. The first-order valence-electron chi connectivity index (χ1n) is 20.2. The van der Waals surface area contributed by atoms with Crippen LogP contribution in [-0.4, -0.2) is 10.7 Å². The maximum absolute atomic E-state index is 9.68. The molecule has 0 aromatic heterocycles. The summed E-state index contributed by atoms with van der Waals surface area (Å²) < 4.78 is 0. The first kappa shape index (κ1) is 44.6. The fraction of sp³-hybridized carbons (Fsp3) is 0.609. The van der Waals surface area contributed by atoms with Crippen molar-refractivity contribution in [1.82, 2.24) is 0 Å². The van der Waals surface area contributed by atoms with Gasteiger partial charge in [-0.05, 0) is 104 Å². The Morgan fingerprint density at radius 1 is 0.592 bits per heavy atom. The molecule has 0 bridgehead atoms. The van der Waals surface area contributed by atoms with Crippen LogP contribution in [0.3, 0.4) is 0 Å². The molecular weight excluding hydrogens is 639 g/mol. The summed E-state index contributed by atoms with van der Waals surface area (Å²) in [4.78, 5) is 3.45. The van der Waals surface area contributed by atoms with Gasteiger partial charge in [0.2, 0.25) is 0 Å². The van der Waals surface area contributed by atoms with Crippen molar-refractivity contribution in [3.05, 3.63) is 99.6 Å². The molecule has 49 heavy (non-hydrogen) atoms. The van der Waals surface area contributed by atoms with Gasteiger partial charge in [-0.15, -0.1) is 4.79 Å². The van der Waals surface area contributed by atoms with Gasteiger partial charge in [0, 0.05) is 16.5 Å². The Morgan fingerprint density at radius 3 is 1.76 bits per heavy atom. The van der Waals surface area contributed by atoms with E-state index < -0.39 is 0 Å². The predicted octanol–water partition coefficient (Wildman–Crippen LogP) is 14.6. The van der Waals surface area contributed by atoms with E-state index in [4.69, 9.17) is 0 Å². The van der Waals surface area contributed by atoms with Crippen LogP contribution < -0.4 is 0 Å². The van der Waals surface area contributed by atoms with Gasteiger partial charge in [-0.2, -0.15) is 0 Å². The number of nitrogens with zero attached hydrogens (tertiary/aromatic N) is 2. The molecule has 0 amide bonds. The number of hydrogen-bond donors (Lipinski definition) is 0. The summed E-state index contributed by atoms with van der Waals surface area (Å²) >= 11 is 0. The summed E-state index contributed by atoms with van der Waals surface area (Å²) in [5.74, 6) is 3.04. The summed E-state index contributed by atoms with van der Waals surface area (Å²) in [6.45, 7) is 9.03. The van der Waals surface area contributed by atoms with E-state index in [1.54, 1.807) is 0 Å². The Kier molecular flexibility index (Phi) is 27.7. The van der Waals surface area contributed by atoms with E-state index in [1.807, 2.05) is 0 Å². The van der Waals surface area contributed by atoms with Crippen molar-refractivity contribution in [2.24, 2.45) is 0 Å². The molecule has 0 heterocycles. The monoisotopic (exact) mass is 708 g/mol. The number of aryl methyl sites for hydroxylation is 2. The average Bonchev–Trinajstić information content (AvgIpc) is 3.11. The Labute approximate surface area is 312 Å². The zero-order chi connectivity index (χ0) is 34.5. The molecule has 274 valence electrons. The minimum absolute atomic E-state index is 0. The second kappa shape index (κ2) is 30.4. The zero-order valence-electron chi connectivity index (χ0n) is 32.0. The topological polar surface area (TPSA) is 36.4 Å². The van der Waals surface area contributed by atoms with Crippen molar-refractivity contribution in [2.45, 2.75) is 182 Å². The number of allylic oxidation sites excluding steroid dienone is 4. The van der Waals surface area contributed by atoms with Gasteiger partial charge < -0.3 is 5.53 Å². The van der Waals surface area contributed by atoms with Gasteiger partial charge in [0.15, 0.2) is 0 Å². The Hall–Kier alpha value is -2.43. The van der Waals surface area contributed by atoms with Crippen LogP contribution in [0.5, 0.6) is 0 Å². The molecule has 3 heteroatoms. The van der Waals surface area contributed by atoms with Crippen molar-refractivity contribution in [3.8, 4) is 0 Å². The standard InChI is InChI=1S/C46H70N2.Ni/c1-5-9-13-14-15-16-17-18-19-20-21-22-23-24-25-26-31-41-32-27-28-34-44(41)46(42-37-35-40(36-38-42)29-10-6-2)45(33-12-8-4)43(39-48-47)30-11-7-3;/h23-24,27-28,32,34-38H,5-22,25-26,29-31,33H2,1-4H3;. The average molecular weight is 710 g/mol. The molecule has 0 aliphatic carbocycles. The fourth-order valence-electron chi connectivity index (χ4n) is 6.73. The molecule has 2 aromatic rings. The van der Waals surface area contributed by atoms with E-state index in [-0.39, 0.29) is 16.5 Å². The van der Waals surface area contributed by atoms with E-state index in [0.29, 0.717) is 0 Å². The second-order valence-corrected chi connectivity index (χ2v) is 13.9. The molecular formula is C46H70N2Ni. The first-order chi connectivity index (χ1) is 23.7. The third-order valence-corrected chi connectivity index (χ3v) is 9.72. The Balaban J connectivity index is 0.0000120. The molecule has 2 nitrogen and oxygen atoms in total. The van der Waals surface area contributed by atoms with Gasteiger partial charge in [-0.25, -0.2) is 0 Å². The quantitative estimate of drug-likeness (QED) is 0.0160. The second-order valence-electron chi connectivity index (χ2n) is 13.9. The van der Waals surface area contributed by atoms with E-state index in [9.17, 15) is 5.53 Å². The molecule has 0 unspecified atom stereocenters. The maximum Gasteiger partial charge on any atom is 0.303 e. The van der Waals surface area contributed by atoms with Crippen LogP contribution in [0.1, 0.15) is 191 Å². The van der Waals surface area contributed by atoms with E-state index in [1.165, 1.54) is 123 Å². The Bertz CT molecular complexity index is 1260. The maximum atomic E-state index is 9.68. The van der Waals surface area contributed by atoms with Gasteiger partial charge in [-0.1, -0.05) is 172 Å². The third kappa shape index (κ3) is 18.9. The minimum atomic E-state index is 0. The van der Waals surface area contributed by atoms with Crippen LogP contribution in [0.15, 0.2) is 71.8 Å². The molecule has 0 aliphatic heterocycles. The van der Waals surface area contributed by atoms with Gasteiger partial charge >= 0.3 is 5.87 Å². The van der Waals surface area contributed by atoms with E-state index in [0.717, 1.165) is 69.8 Å². The summed E-state index contributed by atoms with van der Waals surface area (Å²) in [6.07, 6.45) is 34.6. The minimum Gasteiger partial charge on any atom is -0.348 e. The number of unbranched alkanes of at least 4 members (excludes halogenated alkanes) is 15. The summed E-state index contributed by atoms with van der Waals surface area (Å²) in [7, 11) is 0. The molecule has 0 saturated heterocycles. The molecule has 0 spiro atoms. The van der Waals surface area contributed by atoms with Gasteiger partial charge in [0.25, 0.3) is 0 Å². The zero-order valence-corrected chi connectivity index (χ0v) is 32.9. The molecule has 0 radical (unpaired) electrons. The van der Waals surface area contributed by atoms with E-state index in [2.05, 4.69) is 99.0 Å². The molecule has 2 aromatic carbocycles. The number of rotatable bonds is 28. The van der Waals surface area contributed by atoms with E-state index >= 15 is 0 Å². The van der Waals surface area contributed by atoms with Crippen LogP contribution in [0, 0.1) is 0 Å². The van der Waals surface area contributed by atoms with Crippen LogP contribution in [-0.2, 0) is 29.3 Å². The summed E-state index contributed by atoms with van der Waals surface area (Å²) in [5, 5.41) is 0. The fourth-order valence-corrected chi connectivity index (χ4v) is 6.73. The third-order valence-electron chi connectivity index (χ3n) is 9.72. The molecule has 2 rings (SSSR count). The molecule has 0 aliphatic rings. The van der Waals surface area contributed by atoms with Crippen molar-refractivity contribution in [3.63, 3.8) is 0 Å². The van der Waals surface area contributed by atoms with Crippen molar-refractivity contribution < 1.29 is 21.3 Å². The molecule has 0 N–H and O–H groups in total. The van der Waals surface area contributed by atoms with Gasteiger partial charge in [0.05, 0.1) is 5.57 Å². The van der Waals surface area contributed by atoms with Crippen LogP contribution >= 0.6 is 0 Å². The van der Waals surface area contributed by atoms with Crippen LogP contribution in [0.25, 0.3) is 11.1 Å². The van der Waals surface area contributed by atoms with Crippen molar-refractivity contribution >= 4 is 11.4 Å². The van der Waals surface area contributed by atoms with Crippen molar-refractivity contribution in [2.75, 3.05) is 0 Å². The number of benzene rings is 2.